The Bertz CT molecular complexity index is 1190. The SMILES string of the molecule is COCCOC(=O)Cc1cccc(Cc2nn(-c3cc(F)cc(C(N)=O)c3)ccc2=O)c1. The molecular formula is C23H22FN3O5. The number of hydrogen-bond donors (Lipinski definition) is 1. The van der Waals surface area contributed by atoms with Crippen LogP contribution in [0.1, 0.15) is 27.2 Å². The highest BCUT2D eigenvalue weighted by molar-refractivity contribution is 5.93. The zero-order valence-electron chi connectivity index (χ0n) is 17.4. The fourth-order valence-corrected chi connectivity index (χ4v) is 3.06. The van der Waals surface area contributed by atoms with E-state index in [1.54, 1.807) is 18.2 Å². The lowest BCUT2D eigenvalue weighted by Gasteiger charge is -2.10. The van der Waals surface area contributed by atoms with Crippen molar-refractivity contribution in [3.05, 3.63) is 93.2 Å². The molecule has 1 aromatic heterocycles. The Kier molecular flexibility index (Phi) is 7.45. The van der Waals surface area contributed by atoms with Gasteiger partial charge in [-0.05, 0) is 29.3 Å². The molecule has 0 bridgehead atoms. The Labute approximate surface area is 183 Å². The van der Waals surface area contributed by atoms with Crippen LogP contribution in [0.2, 0.25) is 0 Å². The van der Waals surface area contributed by atoms with Crippen LogP contribution in [0.15, 0.2) is 59.5 Å². The fraction of sp³-hybridized carbons (Fsp3) is 0.217. The summed E-state index contributed by atoms with van der Waals surface area (Å²) < 4.78 is 25.1. The van der Waals surface area contributed by atoms with Crippen molar-refractivity contribution in [1.82, 2.24) is 9.78 Å². The summed E-state index contributed by atoms with van der Waals surface area (Å²) in [7, 11) is 1.52. The van der Waals surface area contributed by atoms with E-state index < -0.39 is 11.7 Å². The maximum absolute atomic E-state index is 13.9. The van der Waals surface area contributed by atoms with E-state index in [-0.39, 0.29) is 47.8 Å². The summed E-state index contributed by atoms with van der Waals surface area (Å²) in [5.41, 5.74) is 6.92. The van der Waals surface area contributed by atoms with Crippen molar-refractivity contribution >= 4 is 11.9 Å². The zero-order chi connectivity index (χ0) is 23.1. The lowest BCUT2D eigenvalue weighted by molar-refractivity contribution is -0.144. The largest absolute Gasteiger partial charge is 0.463 e. The number of nitrogens with zero attached hydrogens (tertiary/aromatic N) is 2. The van der Waals surface area contributed by atoms with Gasteiger partial charge in [-0.1, -0.05) is 24.3 Å². The summed E-state index contributed by atoms with van der Waals surface area (Å²) in [5.74, 6) is -1.80. The number of amides is 1. The number of carbonyl (C=O) groups is 2. The van der Waals surface area contributed by atoms with E-state index in [0.717, 1.165) is 17.2 Å². The van der Waals surface area contributed by atoms with Gasteiger partial charge in [-0.25, -0.2) is 9.07 Å². The van der Waals surface area contributed by atoms with E-state index in [4.69, 9.17) is 15.2 Å². The predicted octanol–water partition coefficient (Wildman–Crippen LogP) is 1.79. The molecule has 3 aromatic rings. The molecule has 32 heavy (non-hydrogen) atoms. The van der Waals surface area contributed by atoms with E-state index in [1.807, 2.05) is 6.07 Å². The van der Waals surface area contributed by atoms with Crippen molar-refractivity contribution in [2.75, 3.05) is 20.3 Å². The second-order valence-corrected chi connectivity index (χ2v) is 7.02. The van der Waals surface area contributed by atoms with Crippen LogP contribution in [0.25, 0.3) is 5.69 Å². The molecule has 8 nitrogen and oxygen atoms in total. The van der Waals surface area contributed by atoms with Gasteiger partial charge in [0, 0.05) is 31.4 Å². The highest BCUT2D eigenvalue weighted by atomic mass is 19.1. The van der Waals surface area contributed by atoms with Crippen LogP contribution >= 0.6 is 0 Å². The molecule has 166 valence electrons. The van der Waals surface area contributed by atoms with Crippen LogP contribution in [-0.2, 0) is 27.1 Å². The van der Waals surface area contributed by atoms with Crippen LogP contribution in [0.4, 0.5) is 4.39 Å². The van der Waals surface area contributed by atoms with Crippen molar-refractivity contribution < 1.29 is 23.5 Å². The number of methoxy groups -OCH3 is 1. The summed E-state index contributed by atoms with van der Waals surface area (Å²) in [5, 5.41) is 4.30. The average molecular weight is 439 g/mol. The first kappa shape index (κ1) is 22.8. The Morgan fingerprint density at radius 2 is 1.88 bits per heavy atom. The molecule has 0 atom stereocenters. The van der Waals surface area contributed by atoms with Gasteiger partial charge in [0.1, 0.15) is 18.1 Å². The van der Waals surface area contributed by atoms with Gasteiger partial charge in [-0.3, -0.25) is 14.4 Å². The van der Waals surface area contributed by atoms with Gasteiger partial charge in [0.25, 0.3) is 0 Å². The number of rotatable bonds is 9. The first-order valence-electron chi connectivity index (χ1n) is 9.77. The second-order valence-electron chi connectivity index (χ2n) is 7.02. The first-order chi connectivity index (χ1) is 15.4. The molecule has 0 spiro atoms. The van der Waals surface area contributed by atoms with Crippen LogP contribution in [0.5, 0.6) is 0 Å². The summed E-state index contributed by atoms with van der Waals surface area (Å²) in [6.07, 6.45) is 1.67. The summed E-state index contributed by atoms with van der Waals surface area (Å²) in [6.45, 7) is 0.504. The van der Waals surface area contributed by atoms with Gasteiger partial charge < -0.3 is 15.2 Å². The van der Waals surface area contributed by atoms with Crippen molar-refractivity contribution in [1.29, 1.82) is 0 Å². The standard InChI is InChI=1S/C23H22FN3O5/c1-31-7-8-32-22(29)11-16-4-2-3-15(9-16)10-20-21(28)5-6-27(26-20)19-13-17(23(25)30)12-18(24)14-19/h2-6,9,12-14H,7-8,10-11H2,1H3,(H2,25,30). The third-order valence-corrected chi connectivity index (χ3v) is 4.57. The normalized spacial score (nSPS) is 10.7. The number of benzene rings is 2. The van der Waals surface area contributed by atoms with E-state index in [0.29, 0.717) is 6.61 Å². The van der Waals surface area contributed by atoms with Gasteiger partial charge in [0.15, 0.2) is 0 Å². The molecular weight excluding hydrogens is 417 g/mol. The molecule has 1 heterocycles. The summed E-state index contributed by atoms with van der Waals surface area (Å²) in [6, 6.07) is 12.1. The van der Waals surface area contributed by atoms with Crippen molar-refractivity contribution in [3.8, 4) is 5.69 Å². The Morgan fingerprint density at radius 1 is 1.09 bits per heavy atom. The predicted molar refractivity (Wildman–Crippen MR) is 114 cm³/mol. The number of carbonyl (C=O) groups excluding carboxylic acids is 2. The molecule has 0 aliphatic heterocycles. The number of nitrogens with two attached hydrogens (primary N) is 1. The molecule has 0 aliphatic rings. The third kappa shape index (κ3) is 6.08. The number of hydrogen-bond acceptors (Lipinski definition) is 6. The molecule has 0 fully saturated rings. The molecule has 1 amide bonds. The van der Waals surface area contributed by atoms with E-state index in [9.17, 15) is 18.8 Å². The summed E-state index contributed by atoms with van der Waals surface area (Å²) in [4.78, 5) is 35.7. The zero-order valence-corrected chi connectivity index (χ0v) is 17.4. The minimum atomic E-state index is -0.774. The molecule has 2 N–H and O–H groups in total. The van der Waals surface area contributed by atoms with Gasteiger partial charge >= 0.3 is 5.97 Å². The maximum atomic E-state index is 13.9. The molecule has 0 saturated carbocycles. The minimum Gasteiger partial charge on any atom is -0.463 e. The number of aromatic nitrogens is 2. The quantitative estimate of drug-likeness (QED) is 0.402. The van der Waals surface area contributed by atoms with Gasteiger partial charge in [-0.15, -0.1) is 0 Å². The fourth-order valence-electron chi connectivity index (χ4n) is 3.06. The summed E-state index contributed by atoms with van der Waals surface area (Å²) >= 11 is 0. The molecule has 3 rings (SSSR count). The number of ether oxygens (including phenoxy) is 2. The minimum absolute atomic E-state index is 0.00728. The Morgan fingerprint density at radius 3 is 2.62 bits per heavy atom. The Hall–Kier alpha value is -3.85. The number of halogens is 1. The van der Waals surface area contributed by atoms with E-state index in [1.165, 1.54) is 36.2 Å². The average Bonchev–Trinajstić information content (AvgIpc) is 2.75. The lowest BCUT2D eigenvalue weighted by Crippen LogP contribution is -2.17. The Balaban J connectivity index is 1.81. The number of primary amides is 1. The molecule has 0 unspecified atom stereocenters. The van der Waals surface area contributed by atoms with E-state index in [2.05, 4.69) is 5.10 Å². The highest BCUT2D eigenvalue weighted by Gasteiger charge is 2.11. The molecule has 9 heteroatoms. The van der Waals surface area contributed by atoms with Crippen LogP contribution in [0, 0.1) is 5.82 Å². The molecule has 0 aliphatic carbocycles. The highest BCUT2D eigenvalue weighted by Crippen LogP contribution is 2.14. The van der Waals surface area contributed by atoms with Crippen LogP contribution < -0.4 is 11.2 Å². The number of esters is 1. The van der Waals surface area contributed by atoms with Gasteiger partial charge in [-0.2, -0.15) is 5.10 Å². The third-order valence-electron chi connectivity index (χ3n) is 4.57. The topological polar surface area (TPSA) is 114 Å². The second kappa shape index (κ2) is 10.5. The lowest BCUT2D eigenvalue weighted by atomic mass is 10.0. The van der Waals surface area contributed by atoms with Crippen LogP contribution in [-0.4, -0.2) is 42.0 Å². The monoisotopic (exact) mass is 439 g/mol. The van der Waals surface area contributed by atoms with E-state index >= 15 is 0 Å². The van der Waals surface area contributed by atoms with Gasteiger partial charge in [0.2, 0.25) is 11.3 Å². The maximum Gasteiger partial charge on any atom is 0.310 e. The molecule has 0 saturated heterocycles. The van der Waals surface area contributed by atoms with Crippen molar-refractivity contribution in [2.45, 2.75) is 12.8 Å². The molecule has 2 aromatic carbocycles. The van der Waals surface area contributed by atoms with Crippen molar-refractivity contribution in [3.63, 3.8) is 0 Å². The molecule has 0 radical (unpaired) electrons. The smallest absolute Gasteiger partial charge is 0.310 e. The first-order valence-corrected chi connectivity index (χ1v) is 9.77. The van der Waals surface area contributed by atoms with Gasteiger partial charge in [0.05, 0.1) is 18.7 Å². The van der Waals surface area contributed by atoms with Crippen molar-refractivity contribution in [2.24, 2.45) is 5.73 Å². The van der Waals surface area contributed by atoms with Crippen LogP contribution in [0.3, 0.4) is 0 Å².